The topological polar surface area (TPSA) is 57.5 Å². The summed E-state index contributed by atoms with van der Waals surface area (Å²) in [7, 11) is 7.92. The minimum Gasteiger partial charge on any atom is -0.356 e. The molecule has 0 bridgehead atoms. The van der Waals surface area contributed by atoms with Gasteiger partial charge in [-0.05, 0) is 25.6 Å². The summed E-state index contributed by atoms with van der Waals surface area (Å²) in [6, 6.07) is 2.00. The normalized spacial score (nSPS) is 12.2. The van der Waals surface area contributed by atoms with E-state index in [1.54, 1.807) is 13.2 Å². The van der Waals surface area contributed by atoms with Gasteiger partial charge in [0.1, 0.15) is 0 Å². The second-order valence-electron chi connectivity index (χ2n) is 6.13. The Kier molecular flexibility index (Phi) is 8.88. The summed E-state index contributed by atoms with van der Waals surface area (Å²) in [5, 5.41) is 10.8. The lowest BCUT2D eigenvalue weighted by Crippen LogP contribution is -2.44. The lowest BCUT2D eigenvalue weighted by Gasteiger charge is -2.29. The molecule has 0 saturated carbocycles. The molecule has 6 nitrogen and oxygen atoms in total. The summed E-state index contributed by atoms with van der Waals surface area (Å²) in [5.41, 5.74) is 1.31. The average Bonchev–Trinajstić information content (AvgIpc) is 2.73. The number of guanidine groups is 1. The molecule has 1 aromatic rings. The van der Waals surface area contributed by atoms with Crippen molar-refractivity contribution in [1.82, 2.24) is 25.3 Å². The Hall–Kier alpha value is -0.830. The highest BCUT2D eigenvalue weighted by molar-refractivity contribution is 14.0. The van der Waals surface area contributed by atoms with Crippen LogP contribution in [-0.2, 0) is 13.6 Å². The highest BCUT2D eigenvalue weighted by Crippen LogP contribution is 2.13. The molecule has 122 valence electrons. The second kappa shape index (κ2) is 9.24. The smallest absolute Gasteiger partial charge is 0.191 e. The molecule has 2 N–H and O–H groups in total. The largest absolute Gasteiger partial charge is 0.356 e. The standard InChI is InChI=1S/C14H28N6.HI/c1-14(2,11-19(4)5)10-17-13(15-3)16-9-12-7-8-18-20(12)6;/h7-8H,9-11H2,1-6H3,(H2,15,16,17);1H. The van der Waals surface area contributed by atoms with Crippen LogP contribution in [0.1, 0.15) is 19.5 Å². The fourth-order valence-electron chi connectivity index (χ4n) is 2.20. The molecule has 7 heteroatoms. The summed E-state index contributed by atoms with van der Waals surface area (Å²) in [6.45, 7) is 7.10. The molecule has 0 saturated heterocycles. The number of nitrogens with zero attached hydrogens (tertiary/aromatic N) is 4. The lowest BCUT2D eigenvalue weighted by molar-refractivity contribution is 0.241. The van der Waals surface area contributed by atoms with Gasteiger partial charge < -0.3 is 15.5 Å². The Bertz CT molecular complexity index is 438. The molecule has 0 fully saturated rings. The van der Waals surface area contributed by atoms with Crippen molar-refractivity contribution in [2.24, 2.45) is 17.5 Å². The maximum Gasteiger partial charge on any atom is 0.191 e. The zero-order chi connectivity index (χ0) is 15.2. The highest BCUT2D eigenvalue weighted by Gasteiger charge is 2.19. The van der Waals surface area contributed by atoms with Gasteiger partial charge in [-0.3, -0.25) is 9.67 Å². The first-order valence-corrected chi connectivity index (χ1v) is 6.90. The predicted octanol–water partition coefficient (Wildman–Crippen LogP) is 1.29. The van der Waals surface area contributed by atoms with Crippen LogP contribution in [0.3, 0.4) is 0 Å². The molecule has 0 atom stereocenters. The summed E-state index contributed by atoms with van der Waals surface area (Å²) in [5.74, 6) is 0.818. The van der Waals surface area contributed by atoms with Gasteiger partial charge in [0.05, 0.1) is 12.2 Å². The van der Waals surface area contributed by atoms with Crippen LogP contribution in [0.25, 0.3) is 0 Å². The quantitative estimate of drug-likeness (QED) is 0.423. The van der Waals surface area contributed by atoms with Crippen molar-refractivity contribution < 1.29 is 0 Å². The summed E-state index contributed by atoms with van der Waals surface area (Å²) < 4.78 is 1.86. The van der Waals surface area contributed by atoms with Crippen LogP contribution in [0, 0.1) is 5.41 Å². The van der Waals surface area contributed by atoms with Crippen LogP contribution in [0.15, 0.2) is 17.3 Å². The number of aliphatic imine (C=N–C) groups is 1. The molecule has 0 aromatic carbocycles. The van der Waals surface area contributed by atoms with E-state index in [9.17, 15) is 0 Å². The van der Waals surface area contributed by atoms with Crippen LogP contribution in [0.4, 0.5) is 0 Å². The number of aromatic nitrogens is 2. The van der Waals surface area contributed by atoms with Crippen molar-refractivity contribution >= 4 is 29.9 Å². The van der Waals surface area contributed by atoms with E-state index in [1.165, 1.54) is 0 Å². The van der Waals surface area contributed by atoms with Gasteiger partial charge in [-0.15, -0.1) is 24.0 Å². The third-order valence-electron chi connectivity index (χ3n) is 3.06. The van der Waals surface area contributed by atoms with E-state index >= 15 is 0 Å². The molecule has 0 aliphatic carbocycles. The molecule has 1 rings (SSSR count). The van der Waals surface area contributed by atoms with E-state index < -0.39 is 0 Å². The molecular formula is C14H29IN6. The van der Waals surface area contributed by atoms with Gasteiger partial charge in [0.25, 0.3) is 0 Å². The molecule has 0 amide bonds. The zero-order valence-electron chi connectivity index (χ0n) is 14.0. The number of aryl methyl sites for hydroxylation is 1. The van der Waals surface area contributed by atoms with Crippen molar-refractivity contribution in [3.8, 4) is 0 Å². The van der Waals surface area contributed by atoms with Crippen molar-refractivity contribution in [2.75, 3.05) is 34.2 Å². The fraction of sp³-hybridized carbons (Fsp3) is 0.714. The van der Waals surface area contributed by atoms with Crippen molar-refractivity contribution in [2.45, 2.75) is 20.4 Å². The van der Waals surface area contributed by atoms with E-state index in [4.69, 9.17) is 0 Å². The van der Waals surface area contributed by atoms with Crippen molar-refractivity contribution in [1.29, 1.82) is 0 Å². The van der Waals surface area contributed by atoms with Crippen LogP contribution in [0.5, 0.6) is 0 Å². The number of halogens is 1. The first kappa shape index (κ1) is 20.2. The van der Waals surface area contributed by atoms with Gasteiger partial charge in [0.15, 0.2) is 5.96 Å². The van der Waals surface area contributed by atoms with Gasteiger partial charge in [0.2, 0.25) is 0 Å². The maximum atomic E-state index is 4.25. The molecular weight excluding hydrogens is 379 g/mol. The molecule has 0 aliphatic heterocycles. The van der Waals surface area contributed by atoms with Crippen LogP contribution in [0.2, 0.25) is 0 Å². The second-order valence-corrected chi connectivity index (χ2v) is 6.13. The summed E-state index contributed by atoms with van der Waals surface area (Å²) in [4.78, 5) is 6.45. The van der Waals surface area contributed by atoms with Gasteiger partial charge in [-0.1, -0.05) is 13.8 Å². The van der Waals surface area contributed by atoms with Crippen LogP contribution < -0.4 is 10.6 Å². The van der Waals surface area contributed by atoms with Crippen molar-refractivity contribution in [3.63, 3.8) is 0 Å². The van der Waals surface area contributed by atoms with Gasteiger partial charge >= 0.3 is 0 Å². The molecule has 0 aliphatic rings. The van der Waals surface area contributed by atoms with Crippen molar-refractivity contribution in [3.05, 3.63) is 18.0 Å². The fourth-order valence-corrected chi connectivity index (χ4v) is 2.20. The number of hydrogen-bond donors (Lipinski definition) is 2. The Morgan fingerprint density at radius 3 is 2.52 bits per heavy atom. The van der Waals surface area contributed by atoms with E-state index in [1.807, 2.05) is 17.8 Å². The Labute approximate surface area is 145 Å². The van der Waals surface area contributed by atoms with E-state index in [0.717, 1.165) is 24.7 Å². The van der Waals surface area contributed by atoms with E-state index in [-0.39, 0.29) is 29.4 Å². The minimum absolute atomic E-state index is 0. The molecule has 21 heavy (non-hydrogen) atoms. The SMILES string of the molecule is CN=C(NCc1ccnn1C)NCC(C)(C)CN(C)C.I. The van der Waals surface area contributed by atoms with Gasteiger partial charge in [-0.25, -0.2) is 0 Å². The van der Waals surface area contributed by atoms with E-state index in [0.29, 0.717) is 6.54 Å². The number of rotatable bonds is 6. The van der Waals surface area contributed by atoms with E-state index in [2.05, 4.69) is 53.6 Å². The average molecular weight is 408 g/mol. The van der Waals surface area contributed by atoms with Crippen LogP contribution in [-0.4, -0.2) is 54.9 Å². The summed E-state index contributed by atoms with van der Waals surface area (Å²) in [6.07, 6.45) is 1.80. The lowest BCUT2D eigenvalue weighted by atomic mass is 9.93. The number of hydrogen-bond acceptors (Lipinski definition) is 3. The maximum absolute atomic E-state index is 4.25. The third-order valence-corrected chi connectivity index (χ3v) is 3.06. The Morgan fingerprint density at radius 2 is 2.05 bits per heavy atom. The Balaban J connectivity index is 0.00000400. The first-order chi connectivity index (χ1) is 9.34. The molecule has 1 aromatic heterocycles. The first-order valence-electron chi connectivity index (χ1n) is 6.90. The Morgan fingerprint density at radius 1 is 1.38 bits per heavy atom. The van der Waals surface area contributed by atoms with Gasteiger partial charge in [0, 0.05) is 33.4 Å². The minimum atomic E-state index is 0. The van der Waals surface area contributed by atoms with Crippen LogP contribution >= 0.6 is 24.0 Å². The predicted molar refractivity (Wildman–Crippen MR) is 99.2 cm³/mol. The third kappa shape index (κ3) is 7.66. The zero-order valence-corrected chi connectivity index (χ0v) is 16.3. The molecule has 0 unspecified atom stereocenters. The molecule has 1 heterocycles. The monoisotopic (exact) mass is 408 g/mol. The molecule has 0 spiro atoms. The van der Waals surface area contributed by atoms with Gasteiger partial charge in [-0.2, -0.15) is 5.10 Å². The molecule has 0 radical (unpaired) electrons. The highest BCUT2D eigenvalue weighted by atomic mass is 127. The number of nitrogens with one attached hydrogen (secondary N) is 2. The summed E-state index contributed by atoms with van der Waals surface area (Å²) >= 11 is 0.